The summed E-state index contributed by atoms with van der Waals surface area (Å²) in [6.07, 6.45) is 2.28. The van der Waals surface area contributed by atoms with Crippen molar-refractivity contribution in [3.8, 4) is 0 Å². The molecule has 0 aromatic rings. The fourth-order valence-electron chi connectivity index (χ4n) is 0.387. The predicted octanol–water partition coefficient (Wildman–Crippen LogP) is -1.08. The van der Waals surface area contributed by atoms with Gasteiger partial charge in [-0.3, -0.25) is 0 Å². The van der Waals surface area contributed by atoms with Crippen LogP contribution in [0.15, 0.2) is 0 Å². The average Bonchev–Trinajstić information content (AvgIpc) is 2.18. The molecule has 0 saturated heterocycles. The molecule has 0 heterocycles. The molecule has 0 N–H and O–H groups in total. The molecule has 0 aromatic heterocycles. The largest absolute Gasteiger partial charge is 1.00 e. The molecule has 0 rings (SSSR count). The smallest absolute Gasteiger partial charge is 0.382 e. The van der Waals surface area contributed by atoms with Gasteiger partial charge in [0.25, 0.3) is 0 Å². The van der Waals surface area contributed by atoms with Crippen LogP contribution in [0.1, 0.15) is 19.8 Å². The summed E-state index contributed by atoms with van der Waals surface area (Å²) < 4.78 is 14.6. The fourth-order valence-corrected chi connectivity index (χ4v) is 0.387. The summed E-state index contributed by atoms with van der Waals surface area (Å²) in [5.74, 6) is 0. The Morgan fingerprint density at radius 2 is 1.29 bits per heavy atom. The van der Waals surface area contributed by atoms with Gasteiger partial charge >= 0.3 is 18.9 Å². The zero-order valence-electron chi connectivity index (χ0n) is 10.2. The zero-order chi connectivity index (χ0) is 10.4. The van der Waals surface area contributed by atoms with Gasteiger partial charge in [-0.25, -0.2) is 0 Å². The van der Waals surface area contributed by atoms with E-state index in [1.165, 1.54) is 6.42 Å². The van der Waals surface area contributed by atoms with Crippen molar-refractivity contribution < 1.29 is 33.1 Å². The Morgan fingerprint density at radius 1 is 0.929 bits per heavy atom. The van der Waals surface area contributed by atoms with E-state index in [1.807, 2.05) is 0 Å². The van der Waals surface area contributed by atoms with Crippen LogP contribution in [0.25, 0.3) is 0 Å². The van der Waals surface area contributed by atoms with E-state index in [4.69, 9.17) is 14.2 Å². The minimum atomic E-state index is 0. The van der Waals surface area contributed by atoms with Crippen molar-refractivity contribution >= 4 is 0 Å². The van der Waals surface area contributed by atoms with Crippen LogP contribution in [0.2, 0.25) is 0 Å². The summed E-state index contributed by atoms with van der Waals surface area (Å²) in [5, 5.41) is 0. The Balaban J connectivity index is -0.000000209. The van der Waals surface area contributed by atoms with Crippen molar-refractivity contribution in [2.24, 2.45) is 0 Å². The van der Waals surface area contributed by atoms with Gasteiger partial charge in [-0.15, -0.1) is 0 Å². The van der Waals surface area contributed by atoms with Crippen LogP contribution in [0, 0.1) is 6.92 Å². The second-order valence-electron chi connectivity index (χ2n) is 2.45. The van der Waals surface area contributed by atoms with E-state index in [1.54, 1.807) is 14.2 Å². The Bertz CT molecular complexity index is 64.4. The third kappa shape index (κ3) is 29.4. The monoisotopic (exact) mass is 198 g/mol. The third-order valence-electron chi connectivity index (χ3n) is 1.22. The fraction of sp³-hybridized carbons (Fsp3) is 0.900. The predicted molar refractivity (Wildman–Crippen MR) is 54.8 cm³/mol. The molecular formula is C10H23LiO3. The van der Waals surface area contributed by atoms with Gasteiger partial charge in [0.1, 0.15) is 0 Å². The SMILES string of the molecule is COCCOCCOC.[CH2-]CCC.[Li+]. The number of hydrogen-bond acceptors (Lipinski definition) is 3. The quantitative estimate of drug-likeness (QED) is 0.296. The summed E-state index contributed by atoms with van der Waals surface area (Å²) >= 11 is 0. The van der Waals surface area contributed by atoms with Crippen LogP contribution >= 0.6 is 0 Å². The van der Waals surface area contributed by atoms with Gasteiger partial charge in [-0.05, 0) is 0 Å². The van der Waals surface area contributed by atoms with Crippen LogP contribution in [0.4, 0.5) is 0 Å². The minimum absolute atomic E-state index is 0. The normalized spacial score (nSPS) is 8.57. The standard InChI is InChI=1S/C6H14O3.C4H9.Li/c1-7-3-5-9-6-4-8-2;1-3-4-2;/h3-6H2,1-2H3;1,3-4H2,2H3;/q;-1;+1. The van der Waals surface area contributed by atoms with Crippen molar-refractivity contribution in [1.82, 2.24) is 0 Å². The van der Waals surface area contributed by atoms with Gasteiger partial charge in [0, 0.05) is 14.2 Å². The van der Waals surface area contributed by atoms with Crippen LogP contribution in [-0.4, -0.2) is 40.6 Å². The number of rotatable bonds is 7. The number of methoxy groups -OCH3 is 2. The van der Waals surface area contributed by atoms with E-state index in [-0.39, 0.29) is 18.9 Å². The van der Waals surface area contributed by atoms with Gasteiger partial charge < -0.3 is 21.1 Å². The Kier molecular flexibility index (Phi) is 33.3. The molecule has 0 aliphatic heterocycles. The van der Waals surface area contributed by atoms with E-state index < -0.39 is 0 Å². The van der Waals surface area contributed by atoms with Crippen LogP contribution < -0.4 is 18.9 Å². The minimum Gasteiger partial charge on any atom is -0.382 e. The first-order valence-electron chi connectivity index (χ1n) is 4.68. The third-order valence-corrected chi connectivity index (χ3v) is 1.22. The van der Waals surface area contributed by atoms with Gasteiger partial charge in [0.05, 0.1) is 26.4 Å². The molecule has 3 nitrogen and oxygen atoms in total. The van der Waals surface area contributed by atoms with Crippen LogP contribution in [0.3, 0.4) is 0 Å². The Hall–Kier alpha value is 0.477. The van der Waals surface area contributed by atoms with E-state index >= 15 is 0 Å². The topological polar surface area (TPSA) is 27.7 Å². The number of unbranched alkanes of at least 4 members (excludes halogenated alkanes) is 1. The summed E-state index contributed by atoms with van der Waals surface area (Å²) in [5.41, 5.74) is 0. The maximum absolute atomic E-state index is 5.06. The molecule has 0 unspecified atom stereocenters. The summed E-state index contributed by atoms with van der Waals surface area (Å²) in [6.45, 7) is 8.34. The van der Waals surface area contributed by atoms with Gasteiger partial charge in [-0.2, -0.15) is 6.42 Å². The number of hydrogen-bond donors (Lipinski definition) is 0. The molecular weight excluding hydrogens is 175 g/mol. The van der Waals surface area contributed by atoms with Gasteiger partial charge in [0.15, 0.2) is 0 Å². The summed E-state index contributed by atoms with van der Waals surface area (Å²) in [4.78, 5) is 0. The molecule has 0 amide bonds. The summed E-state index contributed by atoms with van der Waals surface area (Å²) in [7, 11) is 3.30. The molecule has 0 radical (unpaired) electrons. The van der Waals surface area contributed by atoms with Crippen molar-refractivity contribution in [3.63, 3.8) is 0 Å². The maximum atomic E-state index is 5.06. The molecule has 0 atom stereocenters. The molecule has 0 bridgehead atoms. The second kappa shape index (κ2) is 23.4. The van der Waals surface area contributed by atoms with E-state index in [9.17, 15) is 0 Å². The van der Waals surface area contributed by atoms with Crippen LogP contribution in [0.5, 0.6) is 0 Å². The molecule has 0 aromatic carbocycles. The molecule has 0 fully saturated rings. The molecule has 0 spiro atoms. The Morgan fingerprint density at radius 3 is 1.50 bits per heavy atom. The first-order valence-corrected chi connectivity index (χ1v) is 4.68. The van der Waals surface area contributed by atoms with Gasteiger partial charge in [0.2, 0.25) is 0 Å². The number of ether oxygens (including phenoxy) is 3. The molecule has 14 heavy (non-hydrogen) atoms. The van der Waals surface area contributed by atoms with E-state index in [0.29, 0.717) is 26.4 Å². The van der Waals surface area contributed by atoms with E-state index in [0.717, 1.165) is 6.42 Å². The van der Waals surface area contributed by atoms with Crippen molar-refractivity contribution in [2.75, 3.05) is 40.6 Å². The average molecular weight is 198 g/mol. The zero-order valence-corrected chi connectivity index (χ0v) is 10.2. The van der Waals surface area contributed by atoms with Gasteiger partial charge in [-0.1, -0.05) is 13.3 Å². The molecule has 0 aliphatic rings. The van der Waals surface area contributed by atoms with Crippen molar-refractivity contribution in [1.29, 1.82) is 0 Å². The first-order chi connectivity index (χ1) is 6.33. The summed E-state index contributed by atoms with van der Waals surface area (Å²) in [6, 6.07) is 0. The van der Waals surface area contributed by atoms with E-state index in [2.05, 4.69) is 13.8 Å². The van der Waals surface area contributed by atoms with Crippen LogP contribution in [-0.2, 0) is 14.2 Å². The molecule has 0 saturated carbocycles. The van der Waals surface area contributed by atoms with Crippen molar-refractivity contribution in [2.45, 2.75) is 19.8 Å². The second-order valence-corrected chi connectivity index (χ2v) is 2.45. The van der Waals surface area contributed by atoms with Crippen molar-refractivity contribution in [3.05, 3.63) is 6.92 Å². The Labute approximate surface area is 101 Å². The maximum Gasteiger partial charge on any atom is 1.00 e. The molecule has 0 aliphatic carbocycles. The molecule has 4 heteroatoms. The molecule has 82 valence electrons. The first kappa shape index (κ1) is 20.0.